The van der Waals surface area contributed by atoms with E-state index in [-0.39, 0.29) is 0 Å². The minimum Gasteiger partial charge on any atom is -0.312 e. The second-order valence-corrected chi connectivity index (χ2v) is 4.39. The van der Waals surface area contributed by atoms with E-state index in [4.69, 9.17) is 0 Å². The molecule has 1 fully saturated rings. The lowest BCUT2D eigenvalue weighted by molar-refractivity contribution is 0.209. The number of rotatable bonds is 3. The van der Waals surface area contributed by atoms with Crippen molar-refractivity contribution >= 4 is 0 Å². The van der Waals surface area contributed by atoms with Crippen LogP contribution in [0.3, 0.4) is 0 Å². The molecule has 0 spiro atoms. The number of piperazine rings is 1. The molecule has 0 bridgehead atoms. The number of benzene rings is 1. The van der Waals surface area contributed by atoms with Gasteiger partial charge in [0.1, 0.15) is 0 Å². The first-order valence-electron chi connectivity index (χ1n) is 5.84. The Hall–Kier alpha value is -0.860. The molecule has 2 rings (SSSR count). The van der Waals surface area contributed by atoms with Crippen LogP contribution >= 0.6 is 0 Å². The molecule has 1 heterocycles. The van der Waals surface area contributed by atoms with Crippen molar-refractivity contribution in [3.8, 4) is 0 Å². The fourth-order valence-corrected chi connectivity index (χ4v) is 2.15. The van der Waals surface area contributed by atoms with Crippen LogP contribution in [0.4, 0.5) is 0 Å². The van der Waals surface area contributed by atoms with Gasteiger partial charge in [-0.1, -0.05) is 30.3 Å². The predicted octanol–water partition coefficient (Wildman–Crippen LogP) is 1.52. The second-order valence-electron chi connectivity index (χ2n) is 4.39. The number of nitrogens with one attached hydrogen (secondary N) is 1. The summed E-state index contributed by atoms with van der Waals surface area (Å²) >= 11 is 0. The van der Waals surface area contributed by atoms with Crippen LogP contribution in [0.2, 0.25) is 0 Å². The molecule has 82 valence electrons. The van der Waals surface area contributed by atoms with E-state index in [9.17, 15) is 0 Å². The zero-order valence-corrected chi connectivity index (χ0v) is 9.45. The normalized spacial score (nSPS) is 22.9. The van der Waals surface area contributed by atoms with E-state index < -0.39 is 0 Å². The Morgan fingerprint density at radius 1 is 1.33 bits per heavy atom. The van der Waals surface area contributed by atoms with Crippen molar-refractivity contribution in [2.24, 2.45) is 0 Å². The molecule has 0 aliphatic carbocycles. The van der Waals surface area contributed by atoms with E-state index in [1.165, 1.54) is 31.6 Å². The molecule has 1 aliphatic rings. The van der Waals surface area contributed by atoms with Crippen molar-refractivity contribution < 1.29 is 0 Å². The third-order valence-electron chi connectivity index (χ3n) is 3.01. The van der Waals surface area contributed by atoms with Crippen molar-refractivity contribution in [1.29, 1.82) is 0 Å². The molecule has 1 aliphatic heterocycles. The fourth-order valence-electron chi connectivity index (χ4n) is 2.15. The van der Waals surface area contributed by atoms with Gasteiger partial charge in [0, 0.05) is 32.2 Å². The van der Waals surface area contributed by atoms with Crippen LogP contribution in [0.15, 0.2) is 30.3 Å². The van der Waals surface area contributed by atoms with Crippen LogP contribution < -0.4 is 5.32 Å². The minimum absolute atomic E-state index is 0.648. The van der Waals surface area contributed by atoms with E-state index >= 15 is 0 Å². The second kappa shape index (κ2) is 5.29. The molecule has 1 atom stereocenters. The van der Waals surface area contributed by atoms with Gasteiger partial charge in [0.15, 0.2) is 0 Å². The molecular formula is C13H20N2. The topological polar surface area (TPSA) is 15.3 Å². The van der Waals surface area contributed by atoms with Gasteiger partial charge < -0.3 is 10.2 Å². The summed E-state index contributed by atoms with van der Waals surface area (Å²) in [6.45, 7) is 6.96. The zero-order chi connectivity index (χ0) is 10.5. The van der Waals surface area contributed by atoms with E-state index in [2.05, 4.69) is 47.5 Å². The minimum atomic E-state index is 0.648. The molecule has 1 N–H and O–H groups in total. The molecule has 15 heavy (non-hydrogen) atoms. The summed E-state index contributed by atoms with van der Waals surface area (Å²) in [7, 11) is 0. The Balaban J connectivity index is 1.78. The summed E-state index contributed by atoms with van der Waals surface area (Å²) in [6, 6.07) is 11.4. The van der Waals surface area contributed by atoms with E-state index in [0.29, 0.717) is 6.04 Å². The summed E-state index contributed by atoms with van der Waals surface area (Å²) in [5, 5.41) is 3.47. The average molecular weight is 204 g/mol. The van der Waals surface area contributed by atoms with Gasteiger partial charge in [0.05, 0.1) is 0 Å². The largest absolute Gasteiger partial charge is 0.312 e. The summed E-state index contributed by atoms with van der Waals surface area (Å²) in [5.41, 5.74) is 1.45. The SMILES string of the molecule is CC1CN(CCc2ccccc2)CCN1. The van der Waals surface area contributed by atoms with Gasteiger partial charge in [0.2, 0.25) is 0 Å². The van der Waals surface area contributed by atoms with Gasteiger partial charge in [-0.25, -0.2) is 0 Å². The van der Waals surface area contributed by atoms with Crippen LogP contribution in [-0.2, 0) is 6.42 Å². The van der Waals surface area contributed by atoms with Crippen LogP contribution in [0.1, 0.15) is 12.5 Å². The molecule has 1 aromatic carbocycles. The van der Waals surface area contributed by atoms with Gasteiger partial charge in [-0.2, -0.15) is 0 Å². The number of hydrogen-bond donors (Lipinski definition) is 1. The molecule has 0 amide bonds. The summed E-state index contributed by atoms with van der Waals surface area (Å²) in [4.78, 5) is 2.55. The summed E-state index contributed by atoms with van der Waals surface area (Å²) in [6.07, 6.45) is 1.17. The highest BCUT2D eigenvalue weighted by Gasteiger charge is 2.14. The smallest absolute Gasteiger partial charge is 0.0167 e. The molecule has 1 unspecified atom stereocenters. The monoisotopic (exact) mass is 204 g/mol. The van der Waals surface area contributed by atoms with Crippen molar-refractivity contribution in [3.05, 3.63) is 35.9 Å². The highest BCUT2D eigenvalue weighted by atomic mass is 15.2. The maximum absolute atomic E-state index is 3.47. The Bertz CT molecular complexity index is 284. The van der Waals surface area contributed by atoms with Gasteiger partial charge in [-0.15, -0.1) is 0 Å². The summed E-state index contributed by atoms with van der Waals surface area (Å²) in [5.74, 6) is 0. The average Bonchev–Trinajstić information content (AvgIpc) is 2.28. The lowest BCUT2D eigenvalue weighted by Crippen LogP contribution is -2.49. The van der Waals surface area contributed by atoms with Crippen molar-refractivity contribution in [3.63, 3.8) is 0 Å². The van der Waals surface area contributed by atoms with Gasteiger partial charge in [-0.05, 0) is 18.9 Å². The molecule has 0 aromatic heterocycles. The van der Waals surface area contributed by atoms with Crippen LogP contribution in [-0.4, -0.2) is 37.1 Å². The molecule has 2 nitrogen and oxygen atoms in total. The third-order valence-corrected chi connectivity index (χ3v) is 3.01. The van der Waals surface area contributed by atoms with Crippen molar-refractivity contribution in [2.45, 2.75) is 19.4 Å². The Morgan fingerprint density at radius 2 is 2.13 bits per heavy atom. The van der Waals surface area contributed by atoms with E-state index in [0.717, 1.165) is 6.54 Å². The molecule has 0 saturated carbocycles. The highest BCUT2D eigenvalue weighted by Crippen LogP contribution is 2.03. The quantitative estimate of drug-likeness (QED) is 0.803. The molecule has 1 aromatic rings. The molecule has 2 heteroatoms. The van der Waals surface area contributed by atoms with E-state index in [1.54, 1.807) is 0 Å². The molecular weight excluding hydrogens is 184 g/mol. The van der Waals surface area contributed by atoms with E-state index in [1.807, 2.05) is 0 Å². The van der Waals surface area contributed by atoms with Gasteiger partial charge in [-0.3, -0.25) is 0 Å². The Kier molecular flexibility index (Phi) is 3.75. The standard InChI is InChI=1S/C13H20N2/c1-12-11-15(10-8-14-12)9-7-13-5-3-2-4-6-13/h2-6,12,14H,7-11H2,1H3. The summed E-state index contributed by atoms with van der Waals surface area (Å²) < 4.78 is 0. The predicted molar refractivity (Wildman–Crippen MR) is 64.1 cm³/mol. The number of hydrogen-bond acceptors (Lipinski definition) is 2. The van der Waals surface area contributed by atoms with Crippen molar-refractivity contribution in [1.82, 2.24) is 10.2 Å². The van der Waals surface area contributed by atoms with Gasteiger partial charge >= 0.3 is 0 Å². The Labute approximate surface area is 92.3 Å². The van der Waals surface area contributed by atoms with Crippen LogP contribution in [0.25, 0.3) is 0 Å². The molecule has 1 saturated heterocycles. The molecule has 0 radical (unpaired) electrons. The fraction of sp³-hybridized carbons (Fsp3) is 0.538. The maximum atomic E-state index is 3.47. The zero-order valence-electron chi connectivity index (χ0n) is 9.45. The maximum Gasteiger partial charge on any atom is 0.0167 e. The van der Waals surface area contributed by atoms with Crippen LogP contribution in [0, 0.1) is 0 Å². The lowest BCUT2D eigenvalue weighted by Gasteiger charge is -2.31. The van der Waals surface area contributed by atoms with Gasteiger partial charge in [0.25, 0.3) is 0 Å². The first-order valence-corrected chi connectivity index (χ1v) is 5.84. The third kappa shape index (κ3) is 3.33. The highest BCUT2D eigenvalue weighted by molar-refractivity contribution is 5.14. The lowest BCUT2D eigenvalue weighted by atomic mass is 10.1. The first-order chi connectivity index (χ1) is 7.34. The van der Waals surface area contributed by atoms with Crippen LogP contribution in [0.5, 0.6) is 0 Å². The first kappa shape index (κ1) is 10.7. The number of nitrogens with zero attached hydrogens (tertiary/aromatic N) is 1. The Morgan fingerprint density at radius 3 is 2.87 bits per heavy atom. The van der Waals surface area contributed by atoms with Crippen molar-refractivity contribution in [2.75, 3.05) is 26.2 Å².